The van der Waals surface area contributed by atoms with Crippen molar-refractivity contribution in [3.63, 3.8) is 0 Å². The minimum Gasteiger partial charge on any atom is -0.492 e. The molecule has 2 rings (SSSR count). The van der Waals surface area contributed by atoms with Crippen LogP contribution in [0.2, 0.25) is 0 Å². The van der Waals surface area contributed by atoms with Crippen LogP contribution in [0.1, 0.15) is 5.56 Å². The number of nitrogens with one attached hydrogen (secondary N) is 1. The van der Waals surface area contributed by atoms with Crippen molar-refractivity contribution in [2.24, 2.45) is 0 Å². The third-order valence-corrected chi connectivity index (χ3v) is 2.62. The van der Waals surface area contributed by atoms with Crippen LogP contribution in [0.4, 0.5) is 10.1 Å². The molecule has 0 aliphatic heterocycles. The molecule has 0 bridgehead atoms. The van der Waals surface area contributed by atoms with Gasteiger partial charge in [0.15, 0.2) is 0 Å². The molecule has 0 saturated carbocycles. The zero-order chi connectivity index (χ0) is 12.8. The SMILES string of the molecule is Cc1ccc(OCCNc2ccccc2)cc1F. The van der Waals surface area contributed by atoms with Gasteiger partial charge in [-0.25, -0.2) is 4.39 Å². The third kappa shape index (κ3) is 3.48. The van der Waals surface area contributed by atoms with E-state index >= 15 is 0 Å². The molecule has 0 unspecified atom stereocenters. The van der Waals surface area contributed by atoms with Gasteiger partial charge in [-0.1, -0.05) is 24.3 Å². The molecule has 0 amide bonds. The van der Waals surface area contributed by atoms with E-state index in [1.54, 1.807) is 19.1 Å². The molecule has 0 radical (unpaired) electrons. The van der Waals surface area contributed by atoms with Crippen molar-refractivity contribution in [3.8, 4) is 5.75 Å². The van der Waals surface area contributed by atoms with E-state index in [4.69, 9.17) is 4.74 Å². The van der Waals surface area contributed by atoms with E-state index in [9.17, 15) is 4.39 Å². The van der Waals surface area contributed by atoms with Gasteiger partial charge in [-0.05, 0) is 30.7 Å². The second kappa shape index (κ2) is 6.05. The molecule has 0 aliphatic rings. The molecular weight excluding hydrogens is 229 g/mol. The Morgan fingerprint density at radius 2 is 1.89 bits per heavy atom. The highest BCUT2D eigenvalue weighted by molar-refractivity contribution is 5.42. The predicted octanol–water partition coefficient (Wildman–Crippen LogP) is 3.63. The Morgan fingerprint density at radius 3 is 2.61 bits per heavy atom. The van der Waals surface area contributed by atoms with E-state index in [0.717, 1.165) is 5.69 Å². The molecule has 0 saturated heterocycles. The molecule has 0 aliphatic carbocycles. The summed E-state index contributed by atoms with van der Waals surface area (Å²) in [5, 5.41) is 3.22. The Morgan fingerprint density at radius 1 is 1.11 bits per heavy atom. The molecule has 2 nitrogen and oxygen atoms in total. The Hall–Kier alpha value is -2.03. The molecule has 18 heavy (non-hydrogen) atoms. The molecule has 2 aromatic rings. The summed E-state index contributed by atoms with van der Waals surface area (Å²) in [6.45, 7) is 2.91. The fourth-order valence-electron chi connectivity index (χ4n) is 1.58. The monoisotopic (exact) mass is 245 g/mol. The Kier molecular flexibility index (Phi) is 4.18. The lowest BCUT2D eigenvalue weighted by Crippen LogP contribution is -2.11. The van der Waals surface area contributed by atoms with Gasteiger partial charge < -0.3 is 10.1 Å². The normalized spacial score (nSPS) is 10.1. The van der Waals surface area contributed by atoms with Gasteiger partial charge in [0.2, 0.25) is 0 Å². The summed E-state index contributed by atoms with van der Waals surface area (Å²) < 4.78 is 18.7. The van der Waals surface area contributed by atoms with Gasteiger partial charge in [-0.15, -0.1) is 0 Å². The Balaban J connectivity index is 1.77. The van der Waals surface area contributed by atoms with Crippen molar-refractivity contribution in [3.05, 3.63) is 59.9 Å². The summed E-state index contributed by atoms with van der Waals surface area (Å²) in [5.74, 6) is 0.330. The maximum Gasteiger partial charge on any atom is 0.129 e. The van der Waals surface area contributed by atoms with E-state index in [0.29, 0.717) is 24.5 Å². The Bertz CT molecular complexity index is 499. The molecule has 0 aromatic heterocycles. The van der Waals surface area contributed by atoms with Crippen molar-refractivity contribution < 1.29 is 9.13 Å². The molecule has 0 spiro atoms. The van der Waals surface area contributed by atoms with E-state index < -0.39 is 0 Å². The van der Waals surface area contributed by atoms with Crippen molar-refractivity contribution >= 4 is 5.69 Å². The summed E-state index contributed by atoms with van der Waals surface area (Å²) >= 11 is 0. The van der Waals surface area contributed by atoms with Crippen LogP contribution in [0.3, 0.4) is 0 Å². The van der Waals surface area contributed by atoms with E-state index in [1.165, 1.54) is 6.07 Å². The fraction of sp³-hybridized carbons (Fsp3) is 0.200. The van der Waals surface area contributed by atoms with Gasteiger partial charge in [-0.2, -0.15) is 0 Å². The summed E-state index contributed by atoms with van der Waals surface area (Å²) in [6.07, 6.45) is 0. The highest BCUT2D eigenvalue weighted by Gasteiger charge is 1.99. The lowest BCUT2D eigenvalue weighted by molar-refractivity contribution is 0.331. The fourth-order valence-corrected chi connectivity index (χ4v) is 1.58. The first-order valence-electron chi connectivity index (χ1n) is 5.93. The van der Waals surface area contributed by atoms with Crippen molar-refractivity contribution in [2.75, 3.05) is 18.5 Å². The van der Waals surface area contributed by atoms with Gasteiger partial charge in [-0.3, -0.25) is 0 Å². The number of para-hydroxylation sites is 1. The standard InChI is InChI=1S/C15H16FNO/c1-12-7-8-14(11-15(12)16)18-10-9-17-13-5-3-2-4-6-13/h2-8,11,17H,9-10H2,1H3. The summed E-state index contributed by atoms with van der Waals surface area (Å²) in [4.78, 5) is 0. The van der Waals surface area contributed by atoms with Gasteiger partial charge in [0.25, 0.3) is 0 Å². The average Bonchev–Trinajstić information content (AvgIpc) is 2.40. The molecule has 0 atom stereocenters. The van der Waals surface area contributed by atoms with Crippen LogP contribution in [0.15, 0.2) is 48.5 Å². The summed E-state index contributed by atoms with van der Waals surface area (Å²) in [5.41, 5.74) is 1.68. The molecule has 3 heteroatoms. The van der Waals surface area contributed by atoms with Gasteiger partial charge in [0, 0.05) is 18.3 Å². The molecule has 0 heterocycles. The van der Waals surface area contributed by atoms with E-state index in [2.05, 4.69) is 5.32 Å². The Labute approximate surface area is 106 Å². The number of aryl methyl sites for hydroxylation is 1. The number of hydrogen-bond donors (Lipinski definition) is 1. The zero-order valence-corrected chi connectivity index (χ0v) is 10.3. The second-order valence-corrected chi connectivity index (χ2v) is 4.05. The van der Waals surface area contributed by atoms with Crippen LogP contribution >= 0.6 is 0 Å². The number of rotatable bonds is 5. The first-order chi connectivity index (χ1) is 8.75. The number of anilines is 1. The smallest absolute Gasteiger partial charge is 0.129 e. The number of ether oxygens (including phenoxy) is 1. The topological polar surface area (TPSA) is 21.3 Å². The van der Waals surface area contributed by atoms with Crippen LogP contribution < -0.4 is 10.1 Å². The maximum absolute atomic E-state index is 13.3. The van der Waals surface area contributed by atoms with E-state index in [1.807, 2.05) is 30.3 Å². The minimum atomic E-state index is -0.233. The van der Waals surface area contributed by atoms with E-state index in [-0.39, 0.29) is 5.82 Å². The largest absolute Gasteiger partial charge is 0.492 e. The van der Waals surface area contributed by atoms with Gasteiger partial charge in [0.05, 0.1) is 0 Å². The molecule has 2 aromatic carbocycles. The molecular formula is C15H16FNO. The lowest BCUT2D eigenvalue weighted by Gasteiger charge is -2.09. The lowest BCUT2D eigenvalue weighted by atomic mass is 10.2. The third-order valence-electron chi connectivity index (χ3n) is 2.62. The number of halogens is 1. The average molecular weight is 245 g/mol. The van der Waals surface area contributed by atoms with Crippen molar-refractivity contribution in [1.82, 2.24) is 0 Å². The second-order valence-electron chi connectivity index (χ2n) is 4.05. The predicted molar refractivity (Wildman–Crippen MR) is 71.6 cm³/mol. The quantitative estimate of drug-likeness (QED) is 0.812. The van der Waals surface area contributed by atoms with Crippen LogP contribution in [0, 0.1) is 12.7 Å². The summed E-state index contributed by atoms with van der Waals surface area (Å²) in [6, 6.07) is 14.8. The first kappa shape index (κ1) is 12.4. The van der Waals surface area contributed by atoms with Crippen molar-refractivity contribution in [2.45, 2.75) is 6.92 Å². The van der Waals surface area contributed by atoms with Crippen LogP contribution in [-0.4, -0.2) is 13.2 Å². The molecule has 0 fully saturated rings. The van der Waals surface area contributed by atoms with Gasteiger partial charge in [0.1, 0.15) is 18.2 Å². The number of benzene rings is 2. The molecule has 1 N–H and O–H groups in total. The van der Waals surface area contributed by atoms with Crippen molar-refractivity contribution in [1.29, 1.82) is 0 Å². The maximum atomic E-state index is 13.3. The highest BCUT2D eigenvalue weighted by Crippen LogP contribution is 2.15. The zero-order valence-electron chi connectivity index (χ0n) is 10.3. The first-order valence-corrected chi connectivity index (χ1v) is 5.93. The van der Waals surface area contributed by atoms with Crippen LogP contribution in [0.5, 0.6) is 5.75 Å². The number of hydrogen-bond acceptors (Lipinski definition) is 2. The minimum absolute atomic E-state index is 0.233. The van der Waals surface area contributed by atoms with Crippen LogP contribution in [0.25, 0.3) is 0 Å². The van der Waals surface area contributed by atoms with Crippen LogP contribution in [-0.2, 0) is 0 Å². The summed E-state index contributed by atoms with van der Waals surface area (Å²) in [7, 11) is 0. The molecule has 94 valence electrons. The highest BCUT2D eigenvalue weighted by atomic mass is 19.1. The van der Waals surface area contributed by atoms with Gasteiger partial charge >= 0.3 is 0 Å².